The van der Waals surface area contributed by atoms with Gasteiger partial charge in [-0.1, -0.05) is 30.3 Å². The number of carbonyl (C=O) groups excluding carboxylic acids is 1. The highest BCUT2D eigenvalue weighted by molar-refractivity contribution is 5.86. The largest absolute Gasteiger partial charge is 0.489 e. The van der Waals surface area contributed by atoms with Gasteiger partial charge in [0, 0.05) is 11.1 Å². The molecule has 1 heterocycles. The van der Waals surface area contributed by atoms with Crippen LogP contribution in [0.1, 0.15) is 21.7 Å². The van der Waals surface area contributed by atoms with Crippen molar-refractivity contribution in [3.63, 3.8) is 0 Å². The van der Waals surface area contributed by atoms with E-state index in [1.54, 1.807) is 6.07 Å². The minimum atomic E-state index is 0.471. The fraction of sp³-hybridized carbons (Fsp3) is 0.105. The van der Waals surface area contributed by atoms with Crippen LogP contribution in [0.4, 0.5) is 0 Å². The predicted molar refractivity (Wildman–Crippen MR) is 85.0 cm³/mol. The summed E-state index contributed by atoms with van der Waals surface area (Å²) in [4.78, 5) is 11.3. The number of benzene rings is 2. The van der Waals surface area contributed by atoms with E-state index in [0.29, 0.717) is 23.7 Å². The summed E-state index contributed by atoms with van der Waals surface area (Å²) in [5.41, 5.74) is 2.41. The van der Waals surface area contributed by atoms with Crippen molar-refractivity contribution in [2.75, 3.05) is 0 Å². The molecule has 0 saturated heterocycles. The first kappa shape index (κ1) is 14.1. The molecule has 0 radical (unpaired) electrons. The Bertz CT molecular complexity index is 772. The van der Waals surface area contributed by atoms with Crippen molar-refractivity contribution in [3.05, 3.63) is 77.6 Å². The molecule has 22 heavy (non-hydrogen) atoms. The molecule has 3 rings (SSSR count). The molecule has 0 spiro atoms. The van der Waals surface area contributed by atoms with Crippen LogP contribution in [0.2, 0.25) is 0 Å². The van der Waals surface area contributed by atoms with E-state index >= 15 is 0 Å². The quantitative estimate of drug-likeness (QED) is 0.643. The van der Waals surface area contributed by atoms with Crippen molar-refractivity contribution in [3.8, 4) is 17.1 Å². The lowest BCUT2D eigenvalue weighted by atomic mass is 10.1. The molecule has 0 N–H and O–H groups in total. The zero-order valence-electron chi connectivity index (χ0n) is 12.3. The molecule has 110 valence electrons. The van der Waals surface area contributed by atoms with Gasteiger partial charge in [0.1, 0.15) is 23.9 Å². The third kappa shape index (κ3) is 3.09. The monoisotopic (exact) mass is 292 g/mol. The van der Waals surface area contributed by atoms with Gasteiger partial charge in [-0.2, -0.15) is 0 Å². The van der Waals surface area contributed by atoms with Crippen molar-refractivity contribution in [2.45, 2.75) is 13.5 Å². The lowest BCUT2D eigenvalue weighted by Gasteiger charge is -2.09. The SMILES string of the molecule is Cc1ccc(-c2ccc(OCc3ccccc3)cc2C=O)o1. The van der Waals surface area contributed by atoms with Gasteiger partial charge in [0.15, 0.2) is 6.29 Å². The molecule has 0 bridgehead atoms. The maximum atomic E-state index is 11.3. The molecule has 3 aromatic rings. The van der Waals surface area contributed by atoms with Crippen molar-refractivity contribution in [2.24, 2.45) is 0 Å². The van der Waals surface area contributed by atoms with Crippen molar-refractivity contribution >= 4 is 6.29 Å². The van der Waals surface area contributed by atoms with Crippen LogP contribution in [-0.4, -0.2) is 6.29 Å². The molecule has 3 heteroatoms. The standard InChI is InChI=1S/C19H16O3/c1-14-7-10-19(22-14)18-9-8-17(11-16(18)12-20)21-13-15-5-3-2-4-6-15/h2-12H,13H2,1H3. The molecule has 0 aliphatic carbocycles. The van der Waals surface area contributed by atoms with E-state index in [1.165, 1.54) is 0 Å². The maximum absolute atomic E-state index is 11.3. The van der Waals surface area contributed by atoms with E-state index in [-0.39, 0.29) is 0 Å². The Kier molecular flexibility index (Phi) is 4.05. The number of ether oxygens (including phenoxy) is 1. The van der Waals surface area contributed by atoms with E-state index in [1.807, 2.05) is 61.5 Å². The predicted octanol–water partition coefficient (Wildman–Crippen LogP) is 4.65. The number of hydrogen-bond donors (Lipinski definition) is 0. The second kappa shape index (κ2) is 6.31. The van der Waals surface area contributed by atoms with Crippen LogP contribution in [0.15, 0.2) is 65.1 Å². The van der Waals surface area contributed by atoms with Gasteiger partial charge < -0.3 is 9.15 Å². The second-order valence-corrected chi connectivity index (χ2v) is 5.05. The topological polar surface area (TPSA) is 39.4 Å². The van der Waals surface area contributed by atoms with Gasteiger partial charge >= 0.3 is 0 Å². The highest BCUT2D eigenvalue weighted by Gasteiger charge is 2.10. The third-order valence-corrected chi connectivity index (χ3v) is 3.40. The number of rotatable bonds is 5. The molecule has 0 fully saturated rings. The molecule has 0 aliphatic rings. The minimum absolute atomic E-state index is 0.471. The molecular weight excluding hydrogens is 276 g/mol. The lowest BCUT2D eigenvalue weighted by Crippen LogP contribution is -1.96. The average Bonchev–Trinajstić information content (AvgIpc) is 3.00. The van der Waals surface area contributed by atoms with Crippen LogP contribution in [-0.2, 0) is 6.61 Å². The number of furan rings is 1. The van der Waals surface area contributed by atoms with Crippen LogP contribution < -0.4 is 4.74 Å². The van der Waals surface area contributed by atoms with E-state index in [2.05, 4.69) is 0 Å². The summed E-state index contributed by atoms with van der Waals surface area (Å²) in [5.74, 6) is 2.17. The van der Waals surface area contributed by atoms with Gasteiger partial charge in [0.25, 0.3) is 0 Å². The maximum Gasteiger partial charge on any atom is 0.150 e. The fourth-order valence-corrected chi connectivity index (χ4v) is 2.27. The lowest BCUT2D eigenvalue weighted by molar-refractivity contribution is 0.112. The highest BCUT2D eigenvalue weighted by atomic mass is 16.5. The van der Waals surface area contributed by atoms with Crippen LogP contribution in [0.5, 0.6) is 5.75 Å². The van der Waals surface area contributed by atoms with Gasteiger partial charge in [0.05, 0.1) is 0 Å². The summed E-state index contributed by atoms with van der Waals surface area (Å²) < 4.78 is 11.3. The van der Waals surface area contributed by atoms with Gasteiger partial charge in [0.2, 0.25) is 0 Å². The normalized spacial score (nSPS) is 10.4. The number of hydrogen-bond acceptors (Lipinski definition) is 3. The third-order valence-electron chi connectivity index (χ3n) is 3.40. The summed E-state index contributed by atoms with van der Waals surface area (Å²) in [6.07, 6.45) is 0.822. The zero-order chi connectivity index (χ0) is 15.4. The second-order valence-electron chi connectivity index (χ2n) is 5.05. The highest BCUT2D eigenvalue weighted by Crippen LogP contribution is 2.28. The van der Waals surface area contributed by atoms with Gasteiger partial charge in [-0.3, -0.25) is 4.79 Å². The molecule has 0 aliphatic heterocycles. The molecule has 2 aromatic carbocycles. The molecular formula is C19H16O3. The van der Waals surface area contributed by atoms with E-state index in [9.17, 15) is 4.79 Å². The van der Waals surface area contributed by atoms with Crippen LogP contribution in [0.25, 0.3) is 11.3 Å². The van der Waals surface area contributed by atoms with E-state index in [4.69, 9.17) is 9.15 Å². The van der Waals surface area contributed by atoms with Gasteiger partial charge in [-0.25, -0.2) is 0 Å². The number of aryl methyl sites for hydroxylation is 1. The van der Waals surface area contributed by atoms with Crippen LogP contribution in [0.3, 0.4) is 0 Å². The average molecular weight is 292 g/mol. The molecule has 3 nitrogen and oxygen atoms in total. The fourth-order valence-electron chi connectivity index (χ4n) is 2.27. The molecule has 1 aromatic heterocycles. The summed E-state index contributed by atoms with van der Waals surface area (Å²) in [6, 6.07) is 19.1. The molecule has 0 unspecified atom stereocenters. The van der Waals surface area contributed by atoms with Crippen LogP contribution >= 0.6 is 0 Å². The van der Waals surface area contributed by atoms with Crippen molar-refractivity contribution in [1.29, 1.82) is 0 Å². The smallest absolute Gasteiger partial charge is 0.150 e. The Hall–Kier alpha value is -2.81. The summed E-state index contributed by atoms with van der Waals surface area (Å²) in [7, 11) is 0. The summed E-state index contributed by atoms with van der Waals surface area (Å²) in [5, 5.41) is 0. The Balaban J connectivity index is 1.81. The zero-order valence-corrected chi connectivity index (χ0v) is 12.3. The molecule has 0 saturated carbocycles. The summed E-state index contributed by atoms with van der Waals surface area (Å²) in [6.45, 7) is 2.35. The first-order valence-electron chi connectivity index (χ1n) is 7.09. The van der Waals surface area contributed by atoms with Gasteiger partial charge in [-0.05, 0) is 42.8 Å². The Morgan fingerprint density at radius 3 is 2.55 bits per heavy atom. The Morgan fingerprint density at radius 1 is 1.05 bits per heavy atom. The van der Waals surface area contributed by atoms with Crippen molar-refractivity contribution < 1.29 is 13.9 Å². The van der Waals surface area contributed by atoms with E-state index < -0.39 is 0 Å². The minimum Gasteiger partial charge on any atom is -0.489 e. The van der Waals surface area contributed by atoms with E-state index in [0.717, 1.165) is 23.2 Å². The Morgan fingerprint density at radius 2 is 1.86 bits per heavy atom. The number of aldehydes is 1. The molecule has 0 amide bonds. The van der Waals surface area contributed by atoms with Gasteiger partial charge in [-0.15, -0.1) is 0 Å². The Labute approximate surface area is 129 Å². The number of carbonyl (C=O) groups is 1. The summed E-state index contributed by atoms with van der Waals surface area (Å²) >= 11 is 0. The molecule has 0 atom stereocenters. The first-order chi connectivity index (χ1) is 10.8. The van der Waals surface area contributed by atoms with Crippen LogP contribution in [0, 0.1) is 6.92 Å². The van der Waals surface area contributed by atoms with Crippen molar-refractivity contribution in [1.82, 2.24) is 0 Å². The first-order valence-corrected chi connectivity index (χ1v) is 7.09.